The summed E-state index contributed by atoms with van der Waals surface area (Å²) in [6, 6.07) is 6.98. The molecule has 16 heavy (non-hydrogen) atoms. The minimum absolute atomic E-state index is 0.506. The van der Waals surface area contributed by atoms with Crippen LogP contribution in [0.2, 0.25) is 0 Å². The number of aromatic nitrogens is 1. The summed E-state index contributed by atoms with van der Waals surface area (Å²) in [6.45, 7) is 0. The quantitative estimate of drug-likeness (QED) is 0.821. The van der Waals surface area contributed by atoms with E-state index >= 15 is 0 Å². The fraction of sp³-hybridized carbons (Fsp3) is 0.385. The highest BCUT2D eigenvalue weighted by molar-refractivity contribution is 9.10. The molecule has 84 valence electrons. The highest BCUT2D eigenvalue weighted by Gasteiger charge is 2.23. The number of fused-ring (bicyclic) bond motifs is 3. The molecule has 1 unspecified atom stereocenters. The van der Waals surface area contributed by atoms with Gasteiger partial charge in [-0.3, -0.25) is 0 Å². The highest BCUT2D eigenvalue weighted by atomic mass is 79.9. The van der Waals surface area contributed by atoms with Crippen LogP contribution in [-0.2, 0) is 6.42 Å². The molecule has 2 aromatic rings. The van der Waals surface area contributed by atoms with Crippen molar-refractivity contribution in [2.75, 3.05) is 7.05 Å². The van der Waals surface area contributed by atoms with Gasteiger partial charge in [0.1, 0.15) is 0 Å². The molecule has 0 bridgehead atoms. The summed E-state index contributed by atoms with van der Waals surface area (Å²) in [6.07, 6.45) is 3.69. The molecule has 2 N–H and O–H groups in total. The second kappa shape index (κ2) is 3.90. The summed E-state index contributed by atoms with van der Waals surface area (Å²) in [7, 11) is 2.05. The number of H-pyrrole nitrogens is 1. The summed E-state index contributed by atoms with van der Waals surface area (Å²) >= 11 is 3.55. The van der Waals surface area contributed by atoms with Crippen LogP contribution in [0.25, 0.3) is 10.9 Å². The van der Waals surface area contributed by atoms with Gasteiger partial charge in [-0.2, -0.15) is 0 Å². The topological polar surface area (TPSA) is 27.8 Å². The minimum atomic E-state index is 0.506. The maximum atomic E-state index is 3.55. The standard InChI is InChI=1S/C13H15BrN2/c1-15-11-3-2-4-12-13(11)9-7-8(14)5-6-10(9)16-12/h5-7,11,15-16H,2-4H2,1H3. The van der Waals surface area contributed by atoms with Gasteiger partial charge in [0.2, 0.25) is 0 Å². The van der Waals surface area contributed by atoms with Crippen molar-refractivity contribution in [2.24, 2.45) is 0 Å². The summed E-state index contributed by atoms with van der Waals surface area (Å²) in [4.78, 5) is 3.55. The second-order valence-electron chi connectivity index (χ2n) is 4.44. The smallest absolute Gasteiger partial charge is 0.0460 e. The Morgan fingerprint density at radius 2 is 2.31 bits per heavy atom. The number of aromatic amines is 1. The third-order valence-electron chi connectivity index (χ3n) is 3.50. The number of benzene rings is 1. The minimum Gasteiger partial charge on any atom is -0.358 e. The number of hydrogen-bond donors (Lipinski definition) is 2. The zero-order valence-corrected chi connectivity index (χ0v) is 10.9. The van der Waals surface area contributed by atoms with Gasteiger partial charge in [0, 0.05) is 27.1 Å². The molecule has 1 aromatic carbocycles. The van der Waals surface area contributed by atoms with Crippen LogP contribution in [0, 0.1) is 0 Å². The lowest BCUT2D eigenvalue weighted by molar-refractivity contribution is 0.497. The summed E-state index contributed by atoms with van der Waals surface area (Å²) in [5.41, 5.74) is 4.15. The Hall–Kier alpha value is -0.800. The van der Waals surface area contributed by atoms with Crippen molar-refractivity contribution in [2.45, 2.75) is 25.3 Å². The van der Waals surface area contributed by atoms with E-state index in [-0.39, 0.29) is 0 Å². The average molecular weight is 279 g/mol. The van der Waals surface area contributed by atoms with E-state index in [0.717, 1.165) is 4.47 Å². The van der Waals surface area contributed by atoms with Gasteiger partial charge in [0.15, 0.2) is 0 Å². The van der Waals surface area contributed by atoms with Crippen LogP contribution in [0.4, 0.5) is 0 Å². The van der Waals surface area contributed by atoms with E-state index in [2.05, 4.69) is 51.5 Å². The van der Waals surface area contributed by atoms with E-state index in [1.165, 1.54) is 41.4 Å². The Labute approximate surface area is 104 Å². The maximum Gasteiger partial charge on any atom is 0.0460 e. The molecule has 0 radical (unpaired) electrons. The molecule has 3 rings (SSSR count). The predicted octanol–water partition coefficient (Wildman–Crippen LogP) is 3.53. The molecule has 1 aliphatic carbocycles. The molecule has 0 amide bonds. The third-order valence-corrected chi connectivity index (χ3v) is 3.99. The van der Waals surface area contributed by atoms with Crippen LogP contribution in [0.15, 0.2) is 22.7 Å². The van der Waals surface area contributed by atoms with Crippen molar-refractivity contribution >= 4 is 26.8 Å². The van der Waals surface area contributed by atoms with E-state index in [1.807, 2.05) is 0 Å². The summed E-state index contributed by atoms with van der Waals surface area (Å²) < 4.78 is 1.15. The summed E-state index contributed by atoms with van der Waals surface area (Å²) in [5.74, 6) is 0. The molecule has 0 aliphatic heterocycles. The van der Waals surface area contributed by atoms with E-state index < -0.39 is 0 Å². The van der Waals surface area contributed by atoms with Crippen LogP contribution < -0.4 is 5.32 Å². The van der Waals surface area contributed by atoms with Crippen LogP contribution in [0.5, 0.6) is 0 Å². The Morgan fingerprint density at radius 1 is 1.44 bits per heavy atom. The second-order valence-corrected chi connectivity index (χ2v) is 5.36. The molecule has 2 nitrogen and oxygen atoms in total. The molecule has 1 aromatic heterocycles. The third kappa shape index (κ3) is 1.50. The molecule has 1 atom stereocenters. The van der Waals surface area contributed by atoms with Gasteiger partial charge < -0.3 is 10.3 Å². The number of hydrogen-bond acceptors (Lipinski definition) is 1. The van der Waals surface area contributed by atoms with Gasteiger partial charge in [-0.1, -0.05) is 15.9 Å². The van der Waals surface area contributed by atoms with Gasteiger partial charge in [-0.25, -0.2) is 0 Å². The largest absolute Gasteiger partial charge is 0.358 e. The summed E-state index contributed by atoms with van der Waals surface area (Å²) in [5, 5.41) is 4.79. The first-order chi connectivity index (χ1) is 7.79. The van der Waals surface area contributed by atoms with Gasteiger partial charge in [0.05, 0.1) is 0 Å². The first kappa shape index (κ1) is 10.4. The van der Waals surface area contributed by atoms with Crippen LogP contribution in [0.1, 0.15) is 30.1 Å². The average Bonchev–Trinajstić information content (AvgIpc) is 2.66. The molecular formula is C13H15BrN2. The van der Waals surface area contributed by atoms with E-state index in [0.29, 0.717) is 6.04 Å². The van der Waals surface area contributed by atoms with E-state index in [4.69, 9.17) is 0 Å². The van der Waals surface area contributed by atoms with Crippen molar-refractivity contribution in [3.63, 3.8) is 0 Å². The van der Waals surface area contributed by atoms with Crippen molar-refractivity contribution in [1.82, 2.24) is 10.3 Å². The molecule has 0 fully saturated rings. The molecule has 1 heterocycles. The number of nitrogens with one attached hydrogen (secondary N) is 2. The maximum absolute atomic E-state index is 3.55. The molecule has 0 spiro atoms. The fourth-order valence-electron chi connectivity index (χ4n) is 2.75. The zero-order valence-electron chi connectivity index (χ0n) is 9.31. The SMILES string of the molecule is CNC1CCCc2[nH]c3ccc(Br)cc3c21. The molecule has 1 aliphatic rings. The zero-order chi connectivity index (χ0) is 11.1. The van der Waals surface area contributed by atoms with Gasteiger partial charge in [0.25, 0.3) is 0 Å². The fourth-order valence-corrected chi connectivity index (χ4v) is 3.11. The van der Waals surface area contributed by atoms with Crippen LogP contribution in [-0.4, -0.2) is 12.0 Å². The van der Waals surface area contributed by atoms with E-state index in [9.17, 15) is 0 Å². The highest BCUT2D eigenvalue weighted by Crippen LogP contribution is 2.36. The normalized spacial score (nSPS) is 20.0. The molecular weight excluding hydrogens is 264 g/mol. The Bertz CT molecular complexity index is 530. The van der Waals surface area contributed by atoms with Crippen molar-refractivity contribution in [1.29, 1.82) is 0 Å². The molecule has 0 saturated heterocycles. The first-order valence-electron chi connectivity index (χ1n) is 5.77. The van der Waals surface area contributed by atoms with Gasteiger partial charge in [-0.05, 0) is 50.1 Å². The molecule has 0 saturated carbocycles. The van der Waals surface area contributed by atoms with Crippen molar-refractivity contribution < 1.29 is 0 Å². The Balaban J connectivity index is 2.27. The molecule has 3 heteroatoms. The van der Waals surface area contributed by atoms with E-state index in [1.54, 1.807) is 0 Å². The van der Waals surface area contributed by atoms with Gasteiger partial charge >= 0.3 is 0 Å². The number of rotatable bonds is 1. The van der Waals surface area contributed by atoms with Crippen molar-refractivity contribution in [3.05, 3.63) is 33.9 Å². The van der Waals surface area contributed by atoms with Gasteiger partial charge in [-0.15, -0.1) is 0 Å². The van der Waals surface area contributed by atoms with Crippen molar-refractivity contribution in [3.8, 4) is 0 Å². The predicted molar refractivity (Wildman–Crippen MR) is 70.7 cm³/mol. The Kier molecular flexibility index (Phi) is 2.52. The lowest BCUT2D eigenvalue weighted by Gasteiger charge is -2.22. The van der Waals surface area contributed by atoms with Crippen LogP contribution >= 0.6 is 15.9 Å². The lowest BCUT2D eigenvalue weighted by atomic mass is 9.91. The van der Waals surface area contributed by atoms with Crippen LogP contribution in [0.3, 0.4) is 0 Å². The number of aryl methyl sites for hydroxylation is 1. The number of halogens is 1. The monoisotopic (exact) mass is 278 g/mol. The lowest BCUT2D eigenvalue weighted by Crippen LogP contribution is -2.20. The Morgan fingerprint density at radius 3 is 3.12 bits per heavy atom. The first-order valence-corrected chi connectivity index (χ1v) is 6.56.